The molecule has 1 aliphatic carbocycles. The van der Waals surface area contributed by atoms with Gasteiger partial charge in [-0.25, -0.2) is 0 Å². The highest BCUT2D eigenvalue weighted by atomic mass is 16.2. The minimum absolute atomic E-state index is 0.240. The molecule has 1 amide bonds. The van der Waals surface area contributed by atoms with Gasteiger partial charge in [-0.05, 0) is 43.6 Å². The fraction of sp³-hybridized carbons (Fsp3) is 0.938. The normalized spacial score (nSPS) is 39.7. The zero-order valence-corrected chi connectivity index (χ0v) is 12.2. The number of fused-ring (bicyclic) bond motifs is 1. The first-order chi connectivity index (χ1) is 9.24. The molecular weight excluding hydrogens is 236 g/mol. The molecule has 108 valence electrons. The fourth-order valence-electron chi connectivity index (χ4n) is 4.40. The molecule has 3 heteroatoms. The van der Waals surface area contributed by atoms with Crippen molar-refractivity contribution in [2.24, 2.45) is 23.7 Å². The zero-order valence-electron chi connectivity index (χ0n) is 12.2. The van der Waals surface area contributed by atoms with Gasteiger partial charge >= 0.3 is 0 Å². The first-order valence-electron chi connectivity index (χ1n) is 8.23. The molecule has 3 rings (SSSR count). The summed E-state index contributed by atoms with van der Waals surface area (Å²) in [5, 5.41) is 3.41. The first kappa shape index (κ1) is 13.4. The van der Waals surface area contributed by atoms with Gasteiger partial charge in [0.05, 0.1) is 5.92 Å². The van der Waals surface area contributed by atoms with Crippen LogP contribution in [-0.4, -0.2) is 37.0 Å². The summed E-state index contributed by atoms with van der Waals surface area (Å²) in [5.41, 5.74) is 0. The third kappa shape index (κ3) is 2.96. The van der Waals surface area contributed by atoms with Crippen molar-refractivity contribution in [2.45, 2.75) is 45.4 Å². The van der Waals surface area contributed by atoms with E-state index in [0.717, 1.165) is 44.4 Å². The SMILES string of the molecule is CC1CNCC(C(=O)N2CCC3CCCCC3C2)C1. The van der Waals surface area contributed by atoms with Crippen molar-refractivity contribution < 1.29 is 4.79 Å². The van der Waals surface area contributed by atoms with Gasteiger partial charge in [0.1, 0.15) is 0 Å². The number of hydrogen-bond acceptors (Lipinski definition) is 2. The monoisotopic (exact) mass is 264 g/mol. The molecule has 0 radical (unpaired) electrons. The van der Waals surface area contributed by atoms with E-state index < -0.39 is 0 Å². The molecule has 0 aromatic rings. The zero-order chi connectivity index (χ0) is 13.2. The summed E-state index contributed by atoms with van der Waals surface area (Å²) in [6.07, 6.45) is 7.90. The number of amides is 1. The Bertz CT molecular complexity index is 331. The summed E-state index contributed by atoms with van der Waals surface area (Å²) in [7, 11) is 0. The Balaban J connectivity index is 1.58. The van der Waals surface area contributed by atoms with Crippen LogP contribution in [0.1, 0.15) is 45.4 Å². The summed E-state index contributed by atoms with van der Waals surface area (Å²) in [5.74, 6) is 3.04. The number of rotatable bonds is 1. The molecule has 3 aliphatic rings. The van der Waals surface area contributed by atoms with Crippen LogP contribution in [0.4, 0.5) is 0 Å². The summed E-state index contributed by atoms with van der Waals surface area (Å²) in [6.45, 7) is 6.29. The van der Waals surface area contributed by atoms with Gasteiger partial charge < -0.3 is 10.2 Å². The molecule has 0 spiro atoms. The van der Waals surface area contributed by atoms with Crippen LogP contribution < -0.4 is 5.32 Å². The highest BCUT2D eigenvalue weighted by molar-refractivity contribution is 5.79. The van der Waals surface area contributed by atoms with Crippen molar-refractivity contribution in [2.75, 3.05) is 26.2 Å². The third-order valence-corrected chi connectivity index (χ3v) is 5.52. The first-order valence-corrected chi connectivity index (χ1v) is 8.23. The van der Waals surface area contributed by atoms with Crippen molar-refractivity contribution in [3.05, 3.63) is 0 Å². The van der Waals surface area contributed by atoms with E-state index in [-0.39, 0.29) is 5.92 Å². The predicted octanol–water partition coefficient (Wildman–Crippen LogP) is 2.27. The van der Waals surface area contributed by atoms with E-state index in [1.807, 2.05) is 0 Å². The van der Waals surface area contributed by atoms with E-state index in [2.05, 4.69) is 17.1 Å². The Morgan fingerprint density at radius 2 is 1.89 bits per heavy atom. The molecule has 1 saturated carbocycles. The van der Waals surface area contributed by atoms with Crippen LogP contribution in [0.3, 0.4) is 0 Å². The molecule has 2 heterocycles. The van der Waals surface area contributed by atoms with Gasteiger partial charge in [0.2, 0.25) is 5.91 Å². The van der Waals surface area contributed by atoms with Crippen molar-refractivity contribution in [3.63, 3.8) is 0 Å². The lowest BCUT2D eigenvalue weighted by atomic mass is 9.75. The number of nitrogens with zero attached hydrogens (tertiary/aromatic N) is 1. The summed E-state index contributed by atoms with van der Waals surface area (Å²) >= 11 is 0. The Kier molecular flexibility index (Phi) is 4.11. The van der Waals surface area contributed by atoms with E-state index in [1.54, 1.807) is 0 Å². The van der Waals surface area contributed by atoms with E-state index in [1.165, 1.54) is 32.1 Å². The number of piperidine rings is 2. The second-order valence-corrected chi connectivity index (χ2v) is 7.07. The average molecular weight is 264 g/mol. The molecule has 3 fully saturated rings. The van der Waals surface area contributed by atoms with Gasteiger partial charge in [-0.2, -0.15) is 0 Å². The second kappa shape index (κ2) is 5.82. The molecule has 4 atom stereocenters. The quantitative estimate of drug-likeness (QED) is 0.788. The van der Waals surface area contributed by atoms with Gasteiger partial charge in [0.15, 0.2) is 0 Å². The predicted molar refractivity (Wildman–Crippen MR) is 76.8 cm³/mol. The lowest BCUT2D eigenvalue weighted by Crippen LogP contribution is -2.50. The standard InChI is InChI=1S/C16H28N2O/c1-12-8-15(10-17-9-12)16(19)18-7-6-13-4-2-3-5-14(13)11-18/h12-15,17H,2-11H2,1H3. The molecule has 2 saturated heterocycles. The van der Waals surface area contributed by atoms with Gasteiger partial charge in [0.25, 0.3) is 0 Å². The Morgan fingerprint density at radius 3 is 2.68 bits per heavy atom. The van der Waals surface area contributed by atoms with Crippen molar-refractivity contribution in [1.82, 2.24) is 10.2 Å². The lowest BCUT2D eigenvalue weighted by molar-refractivity contribution is -0.139. The maximum atomic E-state index is 12.7. The molecule has 2 aliphatic heterocycles. The van der Waals surface area contributed by atoms with E-state index >= 15 is 0 Å². The summed E-state index contributed by atoms with van der Waals surface area (Å²) in [4.78, 5) is 14.9. The van der Waals surface area contributed by atoms with Crippen LogP contribution in [-0.2, 0) is 4.79 Å². The molecule has 0 aromatic carbocycles. The minimum Gasteiger partial charge on any atom is -0.342 e. The third-order valence-electron chi connectivity index (χ3n) is 5.52. The number of carbonyl (C=O) groups is 1. The molecule has 1 N–H and O–H groups in total. The van der Waals surface area contributed by atoms with Crippen LogP contribution >= 0.6 is 0 Å². The largest absolute Gasteiger partial charge is 0.342 e. The van der Waals surface area contributed by atoms with Gasteiger partial charge in [-0.3, -0.25) is 4.79 Å². The van der Waals surface area contributed by atoms with Crippen molar-refractivity contribution in [3.8, 4) is 0 Å². The molecule has 4 unspecified atom stereocenters. The molecule has 0 bridgehead atoms. The topological polar surface area (TPSA) is 32.3 Å². The number of carbonyl (C=O) groups excluding carboxylic acids is 1. The van der Waals surface area contributed by atoms with Gasteiger partial charge in [0, 0.05) is 19.6 Å². The second-order valence-electron chi connectivity index (χ2n) is 7.07. The van der Waals surface area contributed by atoms with Crippen molar-refractivity contribution in [1.29, 1.82) is 0 Å². The van der Waals surface area contributed by atoms with Crippen LogP contribution in [0.25, 0.3) is 0 Å². The molecule has 19 heavy (non-hydrogen) atoms. The smallest absolute Gasteiger partial charge is 0.226 e. The average Bonchev–Trinajstić information content (AvgIpc) is 2.46. The van der Waals surface area contributed by atoms with E-state index in [9.17, 15) is 4.79 Å². The summed E-state index contributed by atoms with van der Waals surface area (Å²) < 4.78 is 0. The van der Waals surface area contributed by atoms with Crippen LogP contribution in [0.2, 0.25) is 0 Å². The Morgan fingerprint density at radius 1 is 1.11 bits per heavy atom. The fourth-order valence-corrected chi connectivity index (χ4v) is 4.40. The van der Waals surface area contributed by atoms with E-state index in [4.69, 9.17) is 0 Å². The maximum Gasteiger partial charge on any atom is 0.226 e. The molecule has 0 aromatic heterocycles. The molecular formula is C16H28N2O. The number of nitrogens with one attached hydrogen (secondary N) is 1. The number of hydrogen-bond donors (Lipinski definition) is 1. The van der Waals surface area contributed by atoms with Crippen LogP contribution in [0.15, 0.2) is 0 Å². The Hall–Kier alpha value is -0.570. The van der Waals surface area contributed by atoms with Gasteiger partial charge in [-0.1, -0.05) is 26.2 Å². The van der Waals surface area contributed by atoms with Gasteiger partial charge in [-0.15, -0.1) is 0 Å². The Labute approximate surface area is 117 Å². The highest BCUT2D eigenvalue weighted by Crippen LogP contribution is 2.36. The van der Waals surface area contributed by atoms with Crippen LogP contribution in [0.5, 0.6) is 0 Å². The highest BCUT2D eigenvalue weighted by Gasteiger charge is 2.35. The minimum atomic E-state index is 0.240. The molecule has 3 nitrogen and oxygen atoms in total. The van der Waals surface area contributed by atoms with E-state index in [0.29, 0.717) is 11.8 Å². The maximum absolute atomic E-state index is 12.7. The van der Waals surface area contributed by atoms with Crippen molar-refractivity contribution >= 4 is 5.91 Å². The number of likely N-dealkylation sites (tertiary alicyclic amines) is 1. The van der Waals surface area contributed by atoms with Crippen LogP contribution in [0, 0.1) is 23.7 Å². The lowest BCUT2D eigenvalue weighted by Gasteiger charge is -2.43. The summed E-state index contributed by atoms with van der Waals surface area (Å²) in [6, 6.07) is 0.